The van der Waals surface area contributed by atoms with Crippen molar-refractivity contribution in [1.82, 2.24) is 5.32 Å². The molecular formula is C17H23NO4. The van der Waals surface area contributed by atoms with Crippen LogP contribution >= 0.6 is 0 Å². The summed E-state index contributed by atoms with van der Waals surface area (Å²) in [7, 11) is 0. The van der Waals surface area contributed by atoms with Crippen LogP contribution in [0.1, 0.15) is 48.5 Å². The normalized spacial score (nSPS) is 21.2. The van der Waals surface area contributed by atoms with Crippen molar-refractivity contribution < 1.29 is 19.4 Å². The number of nitrogens with one attached hydrogen (secondary N) is 1. The number of esters is 1. The molecule has 1 fully saturated rings. The Morgan fingerprint density at radius 1 is 1.23 bits per heavy atom. The Kier molecular flexibility index (Phi) is 5.95. The van der Waals surface area contributed by atoms with Crippen LogP contribution in [-0.2, 0) is 16.1 Å². The summed E-state index contributed by atoms with van der Waals surface area (Å²) in [5.41, 5.74) is 1.09. The molecule has 0 spiro atoms. The summed E-state index contributed by atoms with van der Waals surface area (Å²) in [4.78, 5) is 23.7. The number of aliphatic hydroxyl groups is 1. The number of carbonyl (C=O) groups excluding carboxylic acids is 2. The maximum Gasteiger partial charge on any atom is 0.338 e. The lowest BCUT2D eigenvalue weighted by Gasteiger charge is -2.29. The Morgan fingerprint density at radius 3 is 2.55 bits per heavy atom. The fraction of sp³-hybridized carbons (Fsp3) is 0.529. The van der Waals surface area contributed by atoms with Crippen LogP contribution in [0.2, 0.25) is 0 Å². The molecule has 2 N–H and O–H groups in total. The minimum atomic E-state index is -0.531. The van der Waals surface area contributed by atoms with Gasteiger partial charge in [0.25, 0.3) is 5.91 Å². The van der Waals surface area contributed by atoms with Gasteiger partial charge in [-0.1, -0.05) is 31.9 Å². The molecule has 0 saturated heterocycles. The van der Waals surface area contributed by atoms with Crippen molar-refractivity contribution in [3.8, 4) is 0 Å². The highest BCUT2D eigenvalue weighted by Gasteiger charge is 2.23. The molecular weight excluding hydrogens is 282 g/mol. The molecule has 2 atom stereocenters. The summed E-state index contributed by atoms with van der Waals surface area (Å²) in [5, 5.41) is 11.9. The molecule has 2 rings (SSSR count). The van der Waals surface area contributed by atoms with E-state index >= 15 is 0 Å². The highest BCUT2D eigenvalue weighted by Crippen LogP contribution is 2.23. The molecule has 1 aromatic rings. The predicted octanol–water partition coefficient (Wildman–Crippen LogP) is 2.03. The minimum Gasteiger partial charge on any atom is -0.452 e. The lowest BCUT2D eigenvalue weighted by molar-refractivity contribution is -0.125. The Labute approximate surface area is 130 Å². The van der Waals surface area contributed by atoms with Crippen LogP contribution in [0.3, 0.4) is 0 Å². The number of hydrogen-bond acceptors (Lipinski definition) is 4. The van der Waals surface area contributed by atoms with Gasteiger partial charge in [0.05, 0.1) is 12.2 Å². The quantitative estimate of drug-likeness (QED) is 0.816. The summed E-state index contributed by atoms with van der Waals surface area (Å²) in [6, 6.07) is 6.65. The van der Waals surface area contributed by atoms with Crippen LogP contribution in [-0.4, -0.2) is 29.6 Å². The number of benzene rings is 1. The maximum absolute atomic E-state index is 11.9. The van der Waals surface area contributed by atoms with Gasteiger partial charge < -0.3 is 15.2 Å². The van der Waals surface area contributed by atoms with Gasteiger partial charge in [0, 0.05) is 6.04 Å². The number of amides is 1. The lowest BCUT2D eigenvalue weighted by Crippen LogP contribution is -2.42. The van der Waals surface area contributed by atoms with Crippen LogP contribution in [0.5, 0.6) is 0 Å². The third-order valence-electron chi connectivity index (χ3n) is 4.16. The third kappa shape index (κ3) is 4.56. The molecule has 0 radical (unpaired) electrons. The van der Waals surface area contributed by atoms with Crippen LogP contribution in [0.15, 0.2) is 24.3 Å². The zero-order valence-electron chi connectivity index (χ0n) is 12.9. The van der Waals surface area contributed by atoms with Crippen molar-refractivity contribution in [2.24, 2.45) is 5.92 Å². The van der Waals surface area contributed by atoms with E-state index in [9.17, 15) is 9.59 Å². The topological polar surface area (TPSA) is 75.6 Å². The number of hydrogen-bond donors (Lipinski definition) is 2. The van der Waals surface area contributed by atoms with Crippen LogP contribution in [0.25, 0.3) is 0 Å². The molecule has 1 saturated carbocycles. The molecule has 0 aromatic heterocycles. The van der Waals surface area contributed by atoms with Crippen LogP contribution < -0.4 is 5.32 Å². The predicted molar refractivity (Wildman–Crippen MR) is 82.2 cm³/mol. The molecule has 1 amide bonds. The zero-order valence-corrected chi connectivity index (χ0v) is 12.9. The molecule has 0 aliphatic heterocycles. The van der Waals surface area contributed by atoms with E-state index in [4.69, 9.17) is 9.84 Å². The Balaban J connectivity index is 1.78. The van der Waals surface area contributed by atoms with Gasteiger partial charge in [-0.25, -0.2) is 4.79 Å². The standard InChI is InChI=1S/C17H23NO4/c1-12-4-2-3-5-15(12)18-16(20)11-22-17(21)14-8-6-13(10-19)7-9-14/h6-9,12,15,19H,2-5,10-11H2,1H3,(H,18,20)/t12-,15-/m0/s1. The summed E-state index contributed by atoms with van der Waals surface area (Å²) < 4.78 is 5.03. The van der Waals surface area contributed by atoms with E-state index in [0.29, 0.717) is 11.5 Å². The molecule has 1 aliphatic carbocycles. The molecule has 5 heteroatoms. The van der Waals surface area contributed by atoms with Gasteiger partial charge in [-0.3, -0.25) is 4.79 Å². The Bertz CT molecular complexity index is 512. The van der Waals surface area contributed by atoms with Gasteiger partial charge in [-0.2, -0.15) is 0 Å². The van der Waals surface area contributed by atoms with E-state index in [0.717, 1.165) is 24.8 Å². The van der Waals surface area contributed by atoms with E-state index in [1.54, 1.807) is 24.3 Å². The molecule has 22 heavy (non-hydrogen) atoms. The summed E-state index contributed by atoms with van der Waals surface area (Å²) in [5.74, 6) is -0.310. The maximum atomic E-state index is 11.9. The van der Waals surface area contributed by atoms with Crippen molar-refractivity contribution in [1.29, 1.82) is 0 Å². The monoisotopic (exact) mass is 305 g/mol. The van der Waals surface area contributed by atoms with Crippen LogP contribution in [0.4, 0.5) is 0 Å². The number of ether oxygens (including phenoxy) is 1. The molecule has 1 aliphatic rings. The van der Waals surface area contributed by atoms with Crippen molar-refractivity contribution in [3.05, 3.63) is 35.4 Å². The van der Waals surface area contributed by atoms with Crippen LogP contribution in [0, 0.1) is 5.92 Å². The molecule has 1 aromatic carbocycles. The first-order valence-electron chi connectivity index (χ1n) is 7.76. The molecule has 120 valence electrons. The van der Waals surface area contributed by atoms with Crippen molar-refractivity contribution in [3.63, 3.8) is 0 Å². The summed E-state index contributed by atoms with van der Waals surface area (Å²) in [6.07, 6.45) is 4.46. The Morgan fingerprint density at radius 2 is 1.91 bits per heavy atom. The average molecular weight is 305 g/mol. The van der Waals surface area contributed by atoms with Gasteiger partial charge in [-0.05, 0) is 36.5 Å². The van der Waals surface area contributed by atoms with Gasteiger partial charge >= 0.3 is 5.97 Å². The second-order valence-electron chi connectivity index (χ2n) is 5.87. The third-order valence-corrected chi connectivity index (χ3v) is 4.16. The van der Waals surface area contributed by atoms with Gasteiger partial charge in [0.15, 0.2) is 6.61 Å². The number of rotatable bonds is 5. The highest BCUT2D eigenvalue weighted by atomic mass is 16.5. The second kappa shape index (κ2) is 7.94. The van der Waals surface area contributed by atoms with E-state index < -0.39 is 5.97 Å². The fourth-order valence-electron chi connectivity index (χ4n) is 2.74. The van der Waals surface area contributed by atoms with E-state index in [1.165, 1.54) is 6.42 Å². The second-order valence-corrected chi connectivity index (χ2v) is 5.87. The average Bonchev–Trinajstić information content (AvgIpc) is 2.55. The number of aliphatic hydroxyl groups excluding tert-OH is 1. The van der Waals surface area contributed by atoms with E-state index in [1.807, 2.05) is 0 Å². The fourth-order valence-corrected chi connectivity index (χ4v) is 2.74. The smallest absolute Gasteiger partial charge is 0.338 e. The largest absolute Gasteiger partial charge is 0.452 e. The minimum absolute atomic E-state index is 0.0721. The highest BCUT2D eigenvalue weighted by molar-refractivity contribution is 5.91. The zero-order chi connectivity index (χ0) is 15.9. The van der Waals surface area contributed by atoms with Crippen molar-refractivity contribution in [2.75, 3.05) is 6.61 Å². The first-order valence-corrected chi connectivity index (χ1v) is 7.76. The summed E-state index contributed by atoms with van der Waals surface area (Å²) in [6.45, 7) is 1.81. The van der Waals surface area contributed by atoms with Crippen molar-refractivity contribution in [2.45, 2.75) is 45.3 Å². The molecule has 0 heterocycles. The van der Waals surface area contributed by atoms with E-state index in [-0.39, 0.29) is 25.2 Å². The molecule has 0 unspecified atom stereocenters. The first-order chi connectivity index (χ1) is 10.6. The first kappa shape index (κ1) is 16.5. The number of carbonyl (C=O) groups is 2. The SMILES string of the molecule is C[C@H]1CCCC[C@@H]1NC(=O)COC(=O)c1ccc(CO)cc1. The Hall–Kier alpha value is -1.88. The van der Waals surface area contributed by atoms with Gasteiger partial charge in [0.2, 0.25) is 0 Å². The lowest BCUT2D eigenvalue weighted by atomic mass is 9.86. The van der Waals surface area contributed by atoms with Gasteiger partial charge in [-0.15, -0.1) is 0 Å². The summed E-state index contributed by atoms with van der Waals surface area (Å²) >= 11 is 0. The molecule has 0 bridgehead atoms. The molecule has 5 nitrogen and oxygen atoms in total. The van der Waals surface area contributed by atoms with Crippen molar-refractivity contribution >= 4 is 11.9 Å². The van der Waals surface area contributed by atoms with Gasteiger partial charge in [0.1, 0.15) is 0 Å². The van der Waals surface area contributed by atoms with E-state index in [2.05, 4.69) is 12.2 Å².